The van der Waals surface area contributed by atoms with Gasteiger partial charge in [0.05, 0.1) is 12.2 Å². The molecule has 2 heterocycles. The minimum absolute atomic E-state index is 0.308. The number of hydrogen-bond donors (Lipinski definition) is 1. The lowest BCUT2D eigenvalue weighted by Gasteiger charge is -2.30. The molecule has 2 aromatic rings. The third-order valence-electron chi connectivity index (χ3n) is 4.25. The molecule has 1 unspecified atom stereocenters. The van der Waals surface area contributed by atoms with Gasteiger partial charge in [-0.05, 0) is 56.0 Å². The number of carbonyl (C=O) groups excluding carboxylic acids is 1. The summed E-state index contributed by atoms with van der Waals surface area (Å²) in [5.74, 6) is 1.87. The van der Waals surface area contributed by atoms with Crippen LogP contribution in [0.5, 0.6) is 0 Å². The summed E-state index contributed by atoms with van der Waals surface area (Å²) in [5.41, 5.74) is 1.41. The summed E-state index contributed by atoms with van der Waals surface area (Å²) in [6.45, 7) is 6.43. The topological polar surface area (TPSA) is 67.3 Å². The van der Waals surface area contributed by atoms with Crippen LogP contribution in [0.4, 0.5) is 17.5 Å². The van der Waals surface area contributed by atoms with E-state index in [1.54, 1.807) is 25.3 Å². The van der Waals surface area contributed by atoms with Crippen LogP contribution in [0.25, 0.3) is 0 Å². The Morgan fingerprint density at radius 1 is 1.32 bits per heavy atom. The van der Waals surface area contributed by atoms with Crippen LogP contribution >= 0.6 is 0 Å². The van der Waals surface area contributed by atoms with Gasteiger partial charge in [0.2, 0.25) is 5.95 Å². The highest BCUT2D eigenvalue weighted by Gasteiger charge is 2.18. The maximum atomic E-state index is 11.7. The molecule has 1 aliphatic rings. The van der Waals surface area contributed by atoms with Gasteiger partial charge in [0.25, 0.3) is 0 Å². The summed E-state index contributed by atoms with van der Waals surface area (Å²) in [4.78, 5) is 23.0. The molecule has 0 radical (unpaired) electrons. The van der Waals surface area contributed by atoms with E-state index < -0.39 is 0 Å². The van der Waals surface area contributed by atoms with Gasteiger partial charge in [0.1, 0.15) is 5.82 Å². The monoisotopic (exact) mass is 340 g/mol. The molecule has 0 spiro atoms. The van der Waals surface area contributed by atoms with Crippen LogP contribution in [0.1, 0.15) is 37.0 Å². The molecule has 0 bridgehead atoms. The number of hydrogen-bond acceptors (Lipinski definition) is 6. The van der Waals surface area contributed by atoms with E-state index in [1.165, 1.54) is 12.8 Å². The molecule has 0 amide bonds. The lowest BCUT2D eigenvalue weighted by atomic mass is 10.0. The molecule has 1 fully saturated rings. The summed E-state index contributed by atoms with van der Waals surface area (Å²) in [7, 11) is 0. The Labute approximate surface area is 148 Å². The van der Waals surface area contributed by atoms with E-state index >= 15 is 0 Å². The molecular formula is C19H24N4O2. The molecule has 1 atom stereocenters. The van der Waals surface area contributed by atoms with Gasteiger partial charge in [0.15, 0.2) is 0 Å². The lowest BCUT2D eigenvalue weighted by molar-refractivity contribution is 0.0526. The predicted molar refractivity (Wildman–Crippen MR) is 98.3 cm³/mol. The second-order valence-corrected chi connectivity index (χ2v) is 6.36. The fourth-order valence-corrected chi connectivity index (χ4v) is 2.99. The fraction of sp³-hybridized carbons (Fsp3) is 0.421. The second kappa shape index (κ2) is 7.96. The first kappa shape index (κ1) is 17.2. The number of ether oxygens (including phenoxy) is 1. The highest BCUT2D eigenvalue weighted by atomic mass is 16.5. The predicted octanol–water partition coefficient (Wildman–Crippen LogP) is 3.63. The van der Waals surface area contributed by atoms with Crippen LogP contribution in [0.15, 0.2) is 36.5 Å². The average molecular weight is 340 g/mol. The standard InChI is InChI=1S/C19H24N4O2/c1-3-25-18(24)15-6-8-16(9-7-15)21-17-10-11-20-19(22-17)23-12-4-5-14(2)13-23/h6-11,14H,3-5,12-13H2,1-2H3,(H,20,21,22). The van der Waals surface area contributed by atoms with E-state index in [0.29, 0.717) is 18.1 Å². The molecular weight excluding hydrogens is 316 g/mol. The lowest BCUT2D eigenvalue weighted by Crippen LogP contribution is -2.35. The molecule has 1 aliphatic heterocycles. The molecule has 1 N–H and O–H groups in total. The SMILES string of the molecule is CCOC(=O)c1ccc(Nc2ccnc(N3CCCC(C)C3)n2)cc1. The number of carbonyl (C=O) groups is 1. The molecule has 3 rings (SSSR count). The van der Waals surface area contributed by atoms with Gasteiger partial charge < -0.3 is 15.0 Å². The minimum Gasteiger partial charge on any atom is -0.462 e. The Morgan fingerprint density at radius 2 is 2.12 bits per heavy atom. The largest absolute Gasteiger partial charge is 0.462 e. The summed E-state index contributed by atoms with van der Waals surface area (Å²) >= 11 is 0. The molecule has 132 valence electrons. The van der Waals surface area contributed by atoms with Gasteiger partial charge in [-0.25, -0.2) is 9.78 Å². The molecule has 0 saturated carbocycles. The van der Waals surface area contributed by atoms with E-state index in [4.69, 9.17) is 4.74 Å². The minimum atomic E-state index is -0.308. The maximum Gasteiger partial charge on any atom is 0.338 e. The van der Waals surface area contributed by atoms with Crippen molar-refractivity contribution in [3.63, 3.8) is 0 Å². The third-order valence-corrected chi connectivity index (χ3v) is 4.25. The third kappa shape index (κ3) is 4.47. The summed E-state index contributed by atoms with van der Waals surface area (Å²) in [5, 5.41) is 3.26. The molecule has 1 saturated heterocycles. The Morgan fingerprint density at radius 3 is 2.84 bits per heavy atom. The van der Waals surface area contributed by atoms with E-state index in [9.17, 15) is 4.79 Å². The van der Waals surface area contributed by atoms with Gasteiger partial charge in [-0.3, -0.25) is 0 Å². The normalized spacial score (nSPS) is 17.2. The zero-order valence-corrected chi connectivity index (χ0v) is 14.7. The Hall–Kier alpha value is -2.63. The highest BCUT2D eigenvalue weighted by Crippen LogP contribution is 2.22. The van der Waals surface area contributed by atoms with Crippen LogP contribution in [-0.4, -0.2) is 35.6 Å². The Kier molecular flexibility index (Phi) is 5.48. The summed E-state index contributed by atoms with van der Waals surface area (Å²) < 4.78 is 4.99. The van der Waals surface area contributed by atoms with Gasteiger partial charge in [-0.1, -0.05) is 6.92 Å². The quantitative estimate of drug-likeness (QED) is 0.838. The van der Waals surface area contributed by atoms with Gasteiger partial charge in [-0.2, -0.15) is 4.98 Å². The Balaban J connectivity index is 1.68. The van der Waals surface area contributed by atoms with Crippen molar-refractivity contribution >= 4 is 23.4 Å². The molecule has 0 aliphatic carbocycles. The summed E-state index contributed by atoms with van der Waals surface area (Å²) in [6.07, 6.45) is 4.22. The van der Waals surface area contributed by atoms with Crippen LogP contribution in [-0.2, 0) is 4.74 Å². The van der Waals surface area contributed by atoms with Crippen molar-refractivity contribution in [3.05, 3.63) is 42.1 Å². The molecule has 25 heavy (non-hydrogen) atoms. The van der Waals surface area contributed by atoms with Gasteiger partial charge in [0, 0.05) is 25.0 Å². The number of nitrogens with one attached hydrogen (secondary N) is 1. The highest BCUT2D eigenvalue weighted by molar-refractivity contribution is 5.89. The van der Waals surface area contributed by atoms with Crippen molar-refractivity contribution in [1.29, 1.82) is 0 Å². The van der Waals surface area contributed by atoms with E-state index in [1.807, 2.05) is 18.2 Å². The number of benzene rings is 1. The first-order chi connectivity index (χ1) is 12.2. The number of esters is 1. The van der Waals surface area contributed by atoms with Crippen molar-refractivity contribution in [2.45, 2.75) is 26.7 Å². The van der Waals surface area contributed by atoms with E-state index in [0.717, 1.165) is 30.5 Å². The molecule has 1 aromatic heterocycles. The van der Waals surface area contributed by atoms with Crippen molar-refractivity contribution in [2.75, 3.05) is 29.9 Å². The van der Waals surface area contributed by atoms with Crippen LogP contribution < -0.4 is 10.2 Å². The van der Waals surface area contributed by atoms with E-state index in [-0.39, 0.29) is 5.97 Å². The van der Waals surface area contributed by atoms with Crippen molar-refractivity contribution in [1.82, 2.24) is 9.97 Å². The van der Waals surface area contributed by atoms with Crippen LogP contribution in [0.2, 0.25) is 0 Å². The molecule has 1 aromatic carbocycles. The first-order valence-electron chi connectivity index (χ1n) is 8.78. The number of aromatic nitrogens is 2. The average Bonchev–Trinajstić information content (AvgIpc) is 2.63. The number of rotatable bonds is 5. The fourth-order valence-electron chi connectivity index (χ4n) is 2.99. The van der Waals surface area contributed by atoms with Crippen molar-refractivity contribution in [2.24, 2.45) is 5.92 Å². The zero-order chi connectivity index (χ0) is 17.6. The van der Waals surface area contributed by atoms with Crippen molar-refractivity contribution < 1.29 is 9.53 Å². The van der Waals surface area contributed by atoms with Crippen LogP contribution in [0, 0.1) is 5.92 Å². The van der Waals surface area contributed by atoms with Crippen molar-refractivity contribution in [3.8, 4) is 0 Å². The zero-order valence-electron chi connectivity index (χ0n) is 14.7. The van der Waals surface area contributed by atoms with Gasteiger partial charge >= 0.3 is 5.97 Å². The summed E-state index contributed by atoms with van der Waals surface area (Å²) in [6, 6.07) is 9.02. The smallest absolute Gasteiger partial charge is 0.338 e. The first-order valence-corrected chi connectivity index (χ1v) is 8.78. The molecule has 6 nitrogen and oxygen atoms in total. The van der Waals surface area contributed by atoms with E-state index in [2.05, 4.69) is 27.1 Å². The van der Waals surface area contributed by atoms with Gasteiger partial charge in [-0.15, -0.1) is 0 Å². The Bertz CT molecular complexity index is 718. The number of nitrogens with zero attached hydrogens (tertiary/aromatic N) is 3. The maximum absolute atomic E-state index is 11.7. The number of anilines is 3. The molecule has 6 heteroatoms. The second-order valence-electron chi connectivity index (χ2n) is 6.36. The van der Waals surface area contributed by atoms with Crippen LogP contribution in [0.3, 0.4) is 0 Å². The number of piperidine rings is 1.